The van der Waals surface area contributed by atoms with Gasteiger partial charge in [-0.3, -0.25) is 0 Å². The average Bonchev–Trinajstić information content (AvgIpc) is 2.27. The van der Waals surface area contributed by atoms with Crippen LogP contribution in [0.5, 0.6) is 0 Å². The molecule has 0 aliphatic rings. The minimum atomic E-state index is -0.633. The number of hydrazone groups is 1. The Morgan fingerprint density at radius 1 is 1.44 bits per heavy atom. The zero-order valence-electron chi connectivity index (χ0n) is 9.60. The monoisotopic (exact) mass is 219 g/mol. The van der Waals surface area contributed by atoms with Gasteiger partial charge in [0.2, 0.25) is 0 Å². The van der Waals surface area contributed by atoms with Gasteiger partial charge in [-0.2, -0.15) is 5.10 Å². The number of hydrogen-bond acceptors (Lipinski definition) is 2. The van der Waals surface area contributed by atoms with Gasteiger partial charge in [0.1, 0.15) is 0 Å². The second-order valence-corrected chi connectivity index (χ2v) is 3.84. The number of urea groups is 1. The molecule has 3 N–H and O–H groups in total. The van der Waals surface area contributed by atoms with E-state index in [-0.39, 0.29) is 0 Å². The molecule has 0 aromatic heterocycles. The first-order valence-corrected chi connectivity index (χ1v) is 5.23. The van der Waals surface area contributed by atoms with Crippen molar-refractivity contribution in [1.82, 2.24) is 5.43 Å². The van der Waals surface area contributed by atoms with E-state index in [0.29, 0.717) is 5.92 Å². The van der Waals surface area contributed by atoms with Crippen molar-refractivity contribution in [3.05, 3.63) is 35.9 Å². The summed E-state index contributed by atoms with van der Waals surface area (Å²) in [5.74, 6) is 0.375. The van der Waals surface area contributed by atoms with Crippen LogP contribution in [0.1, 0.15) is 31.7 Å². The van der Waals surface area contributed by atoms with Gasteiger partial charge >= 0.3 is 6.03 Å². The first kappa shape index (κ1) is 12.2. The lowest BCUT2D eigenvalue weighted by Crippen LogP contribution is -2.25. The fourth-order valence-electron chi connectivity index (χ4n) is 1.54. The molecule has 4 heteroatoms. The Morgan fingerprint density at radius 3 is 2.62 bits per heavy atom. The van der Waals surface area contributed by atoms with Crippen LogP contribution in [-0.4, -0.2) is 11.7 Å². The Morgan fingerprint density at radius 2 is 2.06 bits per heavy atom. The van der Waals surface area contributed by atoms with E-state index in [0.717, 1.165) is 12.1 Å². The lowest BCUT2D eigenvalue weighted by Gasteiger charge is -2.11. The number of rotatable bonds is 4. The third-order valence-corrected chi connectivity index (χ3v) is 2.33. The number of amides is 2. The van der Waals surface area contributed by atoms with Gasteiger partial charge in [0.25, 0.3) is 0 Å². The van der Waals surface area contributed by atoms with E-state index in [4.69, 9.17) is 5.73 Å². The van der Waals surface area contributed by atoms with E-state index >= 15 is 0 Å². The van der Waals surface area contributed by atoms with Crippen LogP contribution in [0.3, 0.4) is 0 Å². The van der Waals surface area contributed by atoms with Crippen molar-refractivity contribution in [2.45, 2.75) is 26.2 Å². The van der Waals surface area contributed by atoms with Crippen LogP contribution >= 0.6 is 0 Å². The molecule has 0 spiro atoms. The summed E-state index contributed by atoms with van der Waals surface area (Å²) in [5.41, 5.74) is 9.27. The van der Waals surface area contributed by atoms with Gasteiger partial charge in [0.05, 0.1) is 0 Å². The fraction of sp³-hybridized carbons (Fsp3) is 0.333. The van der Waals surface area contributed by atoms with Crippen LogP contribution in [0, 0.1) is 0 Å². The van der Waals surface area contributed by atoms with Gasteiger partial charge in [0.15, 0.2) is 0 Å². The highest BCUT2D eigenvalue weighted by molar-refractivity contribution is 5.84. The Labute approximate surface area is 95.5 Å². The van der Waals surface area contributed by atoms with E-state index in [9.17, 15) is 4.79 Å². The molecular formula is C12H17N3O. The van der Waals surface area contributed by atoms with Crippen molar-refractivity contribution in [3.8, 4) is 0 Å². The third-order valence-electron chi connectivity index (χ3n) is 2.33. The molecule has 0 aliphatic heterocycles. The minimum absolute atomic E-state index is 0.375. The molecule has 0 radical (unpaired) electrons. The van der Waals surface area contributed by atoms with Gasteiger partial charge < -0.3 is 5.73 Å². The molecule has 1 aromatic carbocycles. The summed E-state index contributed by atoms with van der Waals surface area (Å²) in [7, 11) is 0. The number of nitrogens with zero attached hydrogens (tertiary/aromatic N) is 1. The molecule has 0 heterocycles. The molecule has 1 unspecified atom stereocenters. The van der Waals surface area contributed by atoms with Gasteiger partial charge in [-0.1, -0.05) is 37.3 Å². The number of nitrogens with two attached hydrogens (primary N) is 1. The van der Waals surface area contributed by atoms with Crippen LogP contribution in [0.15, 0.2) is 35.4 Å². The summed E-state index contributed by atoms with van der Waals surface area (Å²) < 4.78 is 0. The molecule has 1 rings (SSSR count). The molecule has 4 nitrogen and oxygen atoms in total. The predicted molar refractivity (Wildman–Crippen MR) is 65.3 cm³/mol. The first-order chi connectivity index (χ1) is 7.59. The zero-order valence-corrected chi connectivity index (χ0v) is 9.60. The summed E-state index contributed by atoms with van der Waals surface area (Å²) in [6.45, 7) is 3.99. The van der Waals surface area contributed by atoms with Crippen molar-refractivity contribution in [3.63, 3.8) is 0 Å². The predicted octanol–water partition coefficient (Wildman–Crippen LogP) is 2.22. The van der Waals surface area contributed by atoms with Crippen LogP contribution in [0.2, 0.25) is 0 Å². The average molecular weight is 219 g/mol. The molecule has 2 amide bonds. The summed E-state index contributed by atoms with van der Waals surface area (Å²) in [5, 5.41) is 3.88. The molecule has 16 heavy (non-hydrogen) atoms. The maximum Gasteiger partial charge on any atom is 0.332 e. The maximum absolute atomic E-state index is 10.5. The lowest BCUT2D eigenvalue weighted by molar-refractivity contribution is 0.249. The number of hydrogen-bond donors (Lipinski definition) is 2. The van der Waals surface area contributed by atoms with Crippen LogP contribution in [-0.2, 0) is 0 Å². The largest absolute Gasteiger partial charge is 0.350 e. The highest BCUT2D eigenvalue weighted by Crippen LogP contribution is 2.18. The van der Waals surface area contributed by atoms with Crippen LogP contribution in [0.4, 0.5) is 4.79 Å². The summed E-state index contributed by atoms with van der Waals surface area (Å²) >= 11 is 0. The summed E-state index contributed by atoms with van der Waals surface area (Å²) in [6.07, 6.45) is 0.796. The smallest absolute Gasteiger partial charge is 0.332 e. The van der Waals surface area contributed by atoms with E-state index in [1.54, 1.807) is 0 Å². The number of nitrogens with one attached hydrogen (secondary N) is 1. The molecule has 0 bridgehead atoms. The van der Waals surface area contributed by atoms with E-state index in [1.807, 2.05) is 25.1 Å². The molecule has 0 aliphatic carbocycles. The van der Waals surface area contributed by atoms with Crippen molar-refractivity contribution in [1.29, 1.82) is 0 Å². The highest BCUT2D eigenvalue weighted by Gasteiger charge is 2.06. The van der Waals surface area contributed by atoms with Crippen LogP contribution in [0.25, 0.3) is 0 Å². The standard InChI is InChI=1S/C12H17N3O/c1-9(11-6-4-3-5-7-11)8-10(2)14-15-12(13)16/h3-7,9H,8H2,1-2H3,(H3,13,15,16). The summed E-state index contributed by atoms with van der Waals surface area (Å²) in [4.78, 5) is 10.5. The molecular weight excluding hydrogens is 202 g/mol. The molecule has 1 atom stereocenters. The molecule has 1 aromatic rings. The number of carbonyl (C=O) groups is 1. The Hall–Kier alpha value is -1.84. The third kappa shape index (κ3) is 4.13. The van der Waals surface area contributed by atoms with Crippen molar-refractivity contribution in [2.75, 3.05) is 0 Å². The van der Waals surface area contributed by atoms with Gasteiger partial charge in [-0.15, -0.1) is 0 Å². The summed E-state index contributed by atoms with van der Waals surface area (Å²) in [6, 6.07) is 9.55. The Kier molecular flexibility index (Phi) is 4.51. The van der Waals surface area contributed by atoms with E-state index < -0.39 is 6.03 Å². The Balaban J connectivity index is 2.54. The van der Waals surface area contributed by atoms with Gasteiger partial charge in [-0.05, 0) is 24.8 Å². The fourth-order valence-corrected chi connectivity index (χ4v) is 1.54. The Bertz CT molecular complexity index is 373. The number of carbonyl (C=O) groups excluding carboxylic acids is 1. The van der Waals surface area contributed by atoms with Gasteiger partial charge in [-0.25, -0.2) is 10.2 Å². The SMILES string of the molecule is CC(CC(C)c1ccccc1)=NNC(N)=O. The molecule has 0 saturated heterocycles. The molecule has 0 saturated carbocycles. The highest BCUT2D eigenvalue weighted by atomic mass is 16.2. The van der Waals surface area contributed by atoms with Crippen molar-refractivity contribution >= 4 is 11.7 Å². The molecule has 0 fully saturated rings. The first-order valence-electron chi connectivity index (χ1n) is 5.23. The maximum atomic E-state index is 10.5. The lowest BCUT2D eigenvalue weighted by atomic mass is 9.96. The molecule has 86 valence electrons. The van der Waals surface area contributed by atoms with E-state index in [1.165, 1.54) is 5.56 Å². The van der Waals surface area contributed by atoms with Crippen molar-refractivity contribution < 1.29 is 4.79 Å². The topological polar surface area (TPSA) is 67.5 Å². The van der Waals surface area contributed by atoms with Gasteiger partial charge in [0, 0.05) is 5.71 Å². The minimum Gasteiger partial charge on any atom is -0.350 e. The second kappa shape index (κ2) is 5.90. The van der Waals surface area contributed by atoms with E-state index in [2.05, 4.69) is 29.6 Å². The second-order valence-electron chi connectivity index (χ2n) is 3.84. The number of benzene rings is 1. The van der Waals surface area contributed by atoms with Crippen molar-refractivity contribution in [2.24, 2.45) is 10.8 Å². The number of primary amides is 1. The zero-order chi connectivity index (χ0) is 12.0. The quantitative estimate of drug-likeness (QED) is 0.591. The normalized spacial score (nSPS) is 13.2. The van der Waals surface area contributed by atoms with Crippen LogP contribution < -0.4 is 11.2 Å².